The van der Waals surface area contributed by atoms with Crippen LogP contribution in [0, 0.1) is 0 Å². The zero-order valence-corrected chi connectivity index (χ0v) is 5.27. The quantitative estimate of drug-likeness (QED) is 0.545. The molecule has 0 aromatic heterocycles. The molecule has 0 aromatic rings. The first kappa shape index (κ1) is 7.94. The van der Waals surface area contributed by atoms with Gasteiger partial charge in [0.25, 0.3) is 0 Å². The number of hydrogen-bond acceptors (Lipinski definition) is 2. The van der Waals surface area contributed by atoms with E-state index in [2.05, 4.69) is 4.74 Å². The summed E-state index contributed by atoms with van der Waals surface area (Å²) in [5.41, 5.74) is 0. The zero-order chi connectivity index (χ0) is 7.28. The van der Waals surface area contributed by atoms with Crippen LogP contribution in [0.4, 0.5) is 9.18 Å². The van der Waals surface area contributed by atoms with Crippen molar-refractivity contribution >= 4 is 6.09 Å². The first-order valence-corrected chi connectivity index (χ1v) is 2.37. The zero-order valence-electron chi connectivity index (χ0n) is 5.27. The van der Waals surface area contributed by atoms with Crippen molar-refractivity contribution in [3.8, 4) is 0 Å². The molecule has 3 nitrogen and oxygen atoms in total. The molecule has 0 unspecified atom stereocenters. The number of allylic oxidation sites excluding steroid dienone is 1. The topological polar surface area (TPSA) is 38.3 Å². The van der Waals surface area contributed by atoms with Crippen LogP contribution in [-0.4, -0.2) is 13.2 Å². The van der Waals surface area contributed by atoms with Gasteiger partial charge in [-0.1, -0.05) is 0 Å². The van der Waals surface area contributed by atoms with Gasteiger partial charge in [-0.3, -0.25) is 5.32 Å². The van der Waals surface area contributed by atoms with Crippen molar-refractivity contribution < 1.29 is 13.9 Å². The summed E-state index contributed by atoms with van der Waals surface area (Å²) in [6, 6.07) is 0. The van der Waals surface area contributed by atoms with Crippen LogP contribution in [-0.2, 0) is 4.74 Å². The Morgan fingerprint density at radius 2 is 2.33 bits per heavy atom. The predicted molar refractivity (Wildman–Crippen MR) is 30.4 cm³/mol. The molecule has 0 radical (unpaired) electrons. The van der Waals surface area contributed by atoms with Gasteiger partial charge in [0.15, 0.2) is 5.95 Å². The van der Waals surface area contributed by atoms with Gasteiger partial charge in [-0.05, 0) is 13.0 Å². The van der Waals surface area contributed by atoms with Crippen LogP contribution in [0.25, 0.3) is 0 Å². The molecular formula is C5H8FNO2. The Morgan fingerprint density at radius 1 is 1.78 bits per heavy atom. The second-order valence-corrected chi connectivity index (χ2v) is 1.25. The summed E-state index contributed by atoms with van der Waals surface area (Å²) < 4.78 is 16.1. The fourth-order valence-electron chi connectivity index (χ4n) is 0.221. The molecule has 0 atom stereocenters. The highest BCUT2D eigenvalue weighted by atomic mass is 19.1. The molecule has 4 heteroatoms. The van der Waals surface area contributed by atoms with E-state index in [0.29, 0.717) is 0 Å². The van der Waals surface area contributed by atoms with Crippen LogP contribution in [0.1, 0.15) is 6.92 Å². The minimum absolute atomic E-state index is 0.707. The highest BCUT2D eigenvalue weighted by molar-refractivity contribution is 5.68. The van der Waals surface area contributed by atoms with Gasteiger partial charge >= 0.3 is 6.09 Å². The van der Waals surface area contributed by atoms with Crippen molar-refractivity contribution in [3.05, 3.63) is 12.0 Å². The summed E-state index contributed by atoms with van der Waals surface area (Å²) in [6.07, 6.45) is 0.322. The summed E-state index contributed by atoms with van der Waals surface area (Å²) in [7, 11) is 1.16. The van der Waals surface area contributed by atoms with Crippen LogP contribution in [0.3, 0.4) is 0 Å². The lowest BCUT2D eigenvalue weighted by Gasteiger charge is -1.97. The maximum atomic E-state index is 12.0. The van der Waals surface area contributed by atoms with Crippen molar-refractivity contribution in [3.63, 3.8) is 0 Å². The van der Waals surface area contributed by atoms with Gasteiger partial charge in [0.1, 0.15) is 0 Å². The monoisotopic (exact) mass is 133 g/mol. The van der Waals surface area contributed by atoms with Crippen molar-refractivity contribution in [2.75, 3.05) is 7.11 Å². The van der Waals surface area contributed by atoms with E-state index in [1.165, 1.54) is 6.92 Å². The van der Waals surface area contributed by atoms with Crippen molar-refractivity contribution in [1.82, 2.24) is 5.32 Å². The van der Waals surface area contributed by atoms with Gasteiger partial charge in [-0.2, -0.15) is 4.39 Å². The van der Waals surface area contributed by atoms with Crippen LogP contribution < -0.4 is 5.32 Å². The van der Waals surface area contributed by atoms with Crippen molar-refractivity contribution in [2.24, 2.45) is 0 Å². The lowest BCUT2D eigenvalue weighted by Crippen LogP contribution is -2.19. The van der Waals surface area contributed by atoms with E-state index in [0.717, 1.165) is 13.2 Å². The van der Waals surface area contributed by atoms with Gasteiger partial charge < -0.3 is 4.74 Å². The molecule has 0 aromatic carbocycles. The summed E-state index contributed by atoms with van der Waals surface area (Å²) in [5.74, 6) is -0.707. The largest absolute Gasteiger partial charge is 0.453 e. The number of halogens is 1. The van der Waals surface area contributed by atoms with Crippen LogP contribution in [0.15, 0.2) is 12.0 Å². The van der Waals surface area contributed by atoms with Crippen LogP contribution >= 0.6 is 0 Å². The summed E-state index contributed by atoms with van der Waals surface area (Å²) in [4.78, 5) is 10.2. The lowest BCUT2D eigenvalue weighted by atomic mass is 10.7. The average Bonchev–Trinajstić information content (AvgIpc) is 1.87. The molecule has 0 aliphatic rings. The van der Waals surface area contributed by atoms with E-state index in [-0.39, 0.29) is 0 Å². The molecule has 0 heterocycles. The number of hydrogen-bond donors (Lipinski definition) is 1. The Balaban J connectivity index is 3.60. The normalized spacial score (nSPS) is 10.8. The maximum Gasteiger partial charge on any atom is 0.413 e. The molecule has 0 saturated carbocycles. The molecule has 0 saturated heterocycles. The molecular weight excluding hydrogens is 125 g/mol. The summed E-state index contributed by atoms with van der Waals surface area (Å²) in [6.45, 7) is 1.46. The molecule has 0 bridgehead atoms. The predicted octanol–water partition coefficient (Wildman–Crippen LogP) is 1.17. The van der Waals surface area contributed by atoms with E-state index in [1.807, 2.05) is 5.32 Å². The number of rotatable bonds is 1. The number of methoxy groups -OCH3 is 1. The summed E-state index contributed by atoms with van der Waals surface area (Å²) in [5, 5.41) is 1.81. The molecule has 1 N–H and O–H groups in total. The first-order chi connectivity index (χ1) is 4.20. The molecule has 0 aliphatic carbocycles. The number of alkyl carbamates (subject to hydrolysis) is 1. The standard InChI is InChI=1S/C5H8FNO2/c1-3-4(6)7-5(8)9-2/h3H,1-2H3,(H,7,8). The van der Waals surface area contributed by atoms with Gasteiger partial charge in [-0.15, -0.1) is 0 Å². The third-order valence-corrected chi connectivity index (χ3v) is 0.660. The van der Waals surface area contributed by atoms with E-state index in [1.54, 1.807) is 0 Å². The second-order valence-electron chi connectivity index (χ2n) is 1.25. The van der Waals surface area contributed by atoms with E-state index < -0.39 is 12.0 Å². The minimum Gasteiger partial charge on any atom is -0.453 e. The number of amides is 1. The molecule has 0 aliphatic heterocycles. The Morgan fingerprint density at radius 3 is 2.67 bits per heavy atom. The molecule has 0 spiro atoms. The van der Waals surface area contributed by atoms with Crippen molar-refractivity contribution in [2.45, 2.75) is 6.92 Å². The van der Waals surface area contributed by atoms with Crippen LogP contribution in [0.5, 0.6) is 0 Å². The van der Waals surface area contributed by atoms with Crippen molar-refractivity contribution in [1.29, 1.82) is 0 Å². The number of carbonyl (C=O) groups excluding carboxylic acids is 1. The highest BCUT2D eigenvalue weighted by Crippen LogP contribution is 1.88. The Kier molecular flexibility index (Phi) is 3.43. The number of carbonyl (C=O) groups is 1. The maximum absolute atomic E-state index is 12.0. The van der Waals surface area contributed by atoms with E-state index >= 15 is 0 Å². The van der Waals surface area contributed by atoms with E-state index in [4.69, 9.17) is 0 Å². The lowest BCUT2D eigenvalue weighted by molar-refractivity contribution is 0.171. The van der Waals surface area contributed by atoms with Gasteiger partial charge in [0.05, 0.1) is 7.11 Å². The van der Waals surface area contributed by atoms with Gasteiger partial charge in [0, 0.05) is 0 Å². The van der Waals surface area contributed by atoms with E-state index in [9.17, 15) is 9.18 Å². The number of nitrogens with one attached hydrogen (secondary N) is 1. The fourth-order valence-corrected chi connectivity index (χ4v) is 0.221. The minimum atomic E-state index is -0.800. The second kappa shape index (κ2) is 3.88. The molecule has 0 rings (SSSR count). The van der Waals surface area contributed by atoms with Crippen LogP contribution in [0.2, 0.25) is 0 Å². The van der Waals surface area contributed by atoms with Gasteiger partial charge in [0.2, 0.25) is 0 Å². The molecule has 9 heavy (non-hydrogen) atoms. The molecule has 1 amide bonds. The third kappa shape index (κ3) is 3.52. The number of ether oxygens (including phenoxy) is 1. The highest BCUT2D eigenvalue weighted by Gasteiger charge is 1.98. The first-order valence-electron chi connectivity index (χ1n) is 2.37. The Bertz CT molecular complexity index is 133. The third-order valence-electron chi connectivity index (χ3n) is 0.660. The Labute approximate surface area is 52.5 Å². The van der Waals surface area contributed by atoms with Gasteiger partial charge in [-0.25, -0.2) is 4.79 Å². The fraction of sp³-hybridized carbons (Fsp3) is 0.400. The Hall–Kier alpha value is -1.06. The summed E-state index contributed by atoms with van der Waals surface area (Å²) >= 11 is 0. The molecule has 52 valence electrons. The molecule has 0 fully saturated rings. The smallest absolute Gasteiger partial charge is 0.413 e. The average molecular weight is 133 g/mol. The SMILES string of the molecule is CC=C(F)NC(=O)OC.